The Balaban J connectivity index is 2.21. The number of sulfonamides is 1. The lowest BCUT2D eigenvalue weighted by Crippen LogP contribution is -2.29. The number of ether oxygens (including phenoxy) is 1. The summed E-state index contributed by atoms with van der Waals surface area (Å²) in [6, 6.07) is 1.42. The number of primary sulfonamides is 1. The van der Waals surface area contributed by atoms with Crippen LogP contribution in [0.4, 0.5) is 11.8 Å². The highest BCUT2D eigenvalue weighted by Crippen LogP contribution is 2.25. The summed E-state index contributed by atoms with van der Waals surface area (Å²) in [6.45, 7) is 0.182. The second kappa shape index (κ2) is 5.21. The maximum absolute atomic E-state index is 11.9. The van der Waals surface area contributed by atoms with Crippen molar-refractivity contribution in [1.82, 2.24) is 9.97 Å². The van der Waals surface area contributed by atoms with Crippen LogP contribution >= 0.6 is 0 Å². The van der Waals surface area contributed by atoms with Crippen LogP contribution in [0.25, 0.3) is 0 Å². The van der Waals surface area contributed by atoms with Crippen LogP contribution in [0.1, 0.15) is 6.42 Å². The van der Waals surface area contributed by atoms with Crippen molar-refractivity contribution < 1.29 is 17.9 Å². The number of anilines is 2. The molecule has 0 bridgehead atoms. The minimum Gasteiger partial charge on any atom is -0.481 e. The first-order valence-corrected chi connectivity index (χ1v) is 7.49. The van der Waals surface area contributed by atoms with E-state index in [1.807, 2.05) is 0 Å². The zero-order chi connectivity index (χ0) is 14.9. The fourth-order valence-corrected chi connectivity index (χ4v) is 2.95. The molecule has 0 saturated carbocycles. The molecule has 1 aromatic heterocycles. The van der Waals surface area contributed by atoms with Gasteiger partial charge in [-0.15, -0.1) is 0 Å². The molecule has 1 aromatic rings. The molecule has 1 amide bonds. The molecule has 1 fully saturated rings. The van der Waals surface area contributed by atoms with E-state index in [-0.39, 0.29) is 48.2 Å². The summed E-state index contributed by atoms with van der Waals surface area (Å²) in [5.41, 5.74) is 5.60. The quantitative estimate of drug-likeness (QED) is 0.704. The molecule has 1 unspecified atom stereocenters. The Morgan fingerprint density at radius 2 is 2.20 bits per heavy atom. The Kier molecular flexibility index (Phi) is 3.77. The van der Waals surface area contributed by atoms with Crippen molar-refractivity contribution in [2.45, 2.75) is 6.42 Å². The molecule has 1 saturated heterocycles. The zero-order valence-electron chi connectivity index (χ0n) is 10.8. The van der Waals surface area contributed by atoms with E-state index in [9.17, 15) is 13.2 Å². The molecule has 0 radical (unpaired) electrons. The fraction of sp³-hybridized carbons (Fsp3) is 0.500. The van der Waals surface area contributed by atoms with Gasteiger partial charge in [-0.3, -0.25) is 9.69 Å². The molecule has 0 spiro atoms. The number of nitrogen functional groups attached to an aromatic ring is 1. The van der Waals surface area contributed by atoms with Crippen molar-refractivity contribution in [2.24, 2.45) is 11.1 Å². The average Bonchev–Trinajstić information content (AvgIpc) is 2.66. The number of aromatic nitrogens is 2. The third-order valence-corrected chi connectivity index (χ3v) is 3.77. The normalized spacial score (nSPS) is 19.4. The monoisotopic (exact) mass is 301 g/mol. The Labute approximate surface area is 116 Å². The van der Waals surface area contributed by atoms with Gasteiger partial charge in [0.25, 0.3) is 0 Å². The van der Waals surface area contributed by atoms with Crippen molar-refractivity contribution in [3.05, 3.63) is 6.07 Å². The van der Waals surface area contributed by atoms with Gasteiger partial charge in [0.2, 0.25) is 27.8 Å². The first-order valence-electron chi connectivity index (χ1n) is 5.78. The molecule has 20 heavy (non-hydrogen) atoms. The van der Waals surface area contributed by atoms with Crippen molar-refractivity contribution in [3.8, 4) is 5.88 Å². The minimum atomic E-state index is -3.63. The number of hydrogen-bond donors (Lipinski definition) is 2. The largest absolute Gasteiger partial charge is 0.481 e. The van der Waals surface area contributed by atoms with Crippen LogP contribution < -0.4 is 20.5 Å². The SMILES string of the molecule is COc1cc(N)nc(N2CC(CS(N)(=O)=O)CC2=O)n1. The Bertz CT molecular complexity index is 633. The van der Waals surface area contributed by atoms with Gasteiger partial charge in [0, 0.05) is 24.9 Å². The highest BCUT2D eigenvalue weighted by atomic mass is 32.2. The molecule has 1 aliphatic heterocycles. The number of nitrogens with two attached hydrogens (primary N) is 2. The van der Waals surface area contributed by atoms with E-state index >= 15 is 0 Å². The average molecular weight is 301 g/mol. The predicted octanol–water partition coefficient (Wildman–Crippen LogP) is -1.29. The summed E-state index contributed by atoms with van der Waals surface area (Å²) in [5, 5.41) is 4.99. The molecule has 4 N–H and O–H groups in total. The smallest absolute Gasteiger partial charge is 0.237 e. The highest BCUT2D eigenvalue weighted by molar-refractivity contribution is 7.89. The van der Waals surface area contributed by atoms with E-state index in [0.717, 1.165) is 0 Å². The van der Waals surface area contributed by atoms with E-state index in [1.54, 1.807) is 0 Å². The van der Waals surface area contributed by atoms with Crippen LogP contribution in [0.15, 0.2) is 6.07 Å². The second-order valence-corrected chi connectivity index (χ2v) is 6.20. The van der Waals surface area contributed by atoms with Gasteiger partial charge < -0.3 is 10.5 Å². The molecular formula is C10H15N5O4S. The zero-order valence-corrected chi connectivity index (χ0v) is 11.6. The lowest BCUT2D eigenvalue weighted by Gasteiger charge is -2.15. The number of rotatable bonds is 4. The standard InChI is InChI=1S/C10H15N5O4S/c1-19-8-3-7(11)13-10(14-8)15-4-6(2-9(15)16)5-20(12,17)18/h3,6H,2,4-5H2,1H3,(H2,11,13,14)(H2,12,17,18). The first kappa shape index (κ1) is 14.5. The van der Waals surface area contributed by atoms with E-state index in [4.69, 9.17) is 15.6 Å². The predicted molar refractivity (Wildman–Crippen MR) is 71.4 cm³/mol. The Morgan fingerprint density at radius 3 is 2.80 bits per heavy atom. The summed E-state index contributed by atoms with van der Waals surface area (Å²) in [4.78, 5) is 21.2. The molecule has 1 aliphatic rings. The highest BCUT2D eigenvalue weighted by Gasteiger charge is 2.34. The second-order valence-electron chi connectivity index (χ2n) is 4.54. The summed E-state index contributed by atoms with van der Waals surface area (Å²) >= 11 is 0. The van der Waals surface area contributed by atoms with Crippen molar-refractivity contribution in [2.75, 3.05) is 30.0 Å². The van der Waals surface area contributed by atoms with Gasteiger partial charge in [0.1, 0.15) is 5.82 Å². The van der Waals surface area contributed by atoms with E-state index in [2.05, 4.69) is 9.97 Å². The number of carbonyl (C=O) groups excluding carboxylic acids is 1. The van der Waals surface area contributed by atoms with Gasteiger partial charge in [-0.05, 0) is 0 Å². The van der Waals surface area contributed by atoms with E-state index in [1.165, 1.54) is 18.1 Å². The van der Waals surface area contributed by atoms with Crippen LogP contribution in [0.5, 0.6) is 5.88 Å². The van der Waals surface area contributed by atoms with Crippen molar-refractivity contribution >= 4 is 27.7 Å². The van der Waals surface area contributed by atoms with Gasteiger partial charge in [-0.25, -0.2) is 13.6 Å². The number of amides is 1. The summed E-state index contributed by atoms with van der Waals surface area (Å²) < 4.78 is 27.1. The molecule has 2 heterocycles. The van der Waals surface area contributed by atoms with Gasteiger partial charge in [-0.2, -0.15) is 9.97 Å². The molecule has 0 aromatic carbocycles. The van der Waals surface area contributed by atoms with Crippen LogP contribution in [-0.4, -0.2) is 43.7 Å². The minimum absolute atomic E-state index is 0.0803. The summed E-state index contributed by atoms with van der Waals surface area (Å²) in [6.07, 6.45) is 0.0803. The van der Waals surface area contributed by atoms with E-state index < -0.39 is 10.0 Å². The molecule has 9 nitrogen and oxygen atoms in total. The fourth-order valence-electron chi connectivity index (χ4n) is 2.07. The molecule has 10 heteroatoms. The third-order valence-electron chi connectivity index (χ3n) is 2.83. The van der Waals surface area contributed by atoms with Crippen LogP contribution in [0.3, 0.4) is 0 Å². The molecular weight excluding hydrogens is 286 g/mol. The van der Waals surface area contributed by atoms with Gasteiger partial charge in [-0.1, -0.05) is 0 Å². The Morgan fingerprint density at radius 1 is 1.50 bits per heavy atom. The molecule has 2 rings (SSSR count). The van der Waals surface area contributed by atoms with Crippen LogP contribution in [0, 0.1) is 5.92 Å². The van der Waals surface area contributed by atoms with Gasteiger partial charge >= 0.3 is 0 Å². The van der Waals surface area contributed by atoms with Crippen LogP contribution in [0.2, 0.25) is 0 Å². The number of hydrogen-bond acceptors (Lipinski definition) is 7. The lowest BCUT2D eigenvalue weighted by molar-refractivity contribution is -0.117. The van der Waals surface area contributed by atoms with Crippen molar-refractivity contribution in [3.63, 3.8) is 0 Å². The third kappa shape index (κ3) is 3.33. The van der Waals surface area contributed by atoms with Crippen molar-refractivity contribution in [1.29, 1.82) is 0 Å². The first-order chi connectivity index (χ1) is 9.28. The summed E-state index contributed by atoms with van der Waals surface area (Å²) in [7, 11) is -2.21. The maximum Gasteiger partial charge on any atom is 0.237 e. The Hall–Kier alpha value is -1.94. The maximum atomic E-state index is 11.9. The number of methoxy groups -OCH3 is 1. The van der Waals surface area contributed by atoms with Gasteiger partial charge in [0.05, 0.1) is 12.9 Å². The molecule has 110 valence electrons. The van der Waals surface area contributed by atoms with E-state index in [0.29, 0.717) is 0 Å². The lowest BCUT2D eigenvalue weighted by atomic mass is 10.1. The topological polar surface area (TPSA) is 142 Å². The summed E-state index contributed by atoms with van der Waals surface area (Å²) in [5.74, 6) is -0.414. The number of carbonyl (C=O) groups is 1. The molecule has 0 aliphatic carbocycles. The van der Waals surface area contributed by atoms with Gasteiger partial charge in [0.15, 0.2) is 0 Å². The molecule has 1 atom stereocenters. The van der Waals surface area contributed by atoms with Crippen LogP contribution in [-0.2, 0) is 14.8 Å². The number of nitrogens with zero attached hydrogens (tertiary/aromatic N) is 3.